The van der Waals surface area contributed by atoms with Gasteiger partial charge in [0.25, 0.3) is 0 Å². The highest BCUT2D eigenvalue weighted by Crippen LogP contribution is 2.35. The largest absolute Gasteiger partial charge is 0.343 e. The second kappa shape index (κ2) is 6.08. The fourth-order valence-electron chi connectivity index (χ4n) is 2.30. The van der Waals surface area contributed by atoms with Gasteiger partial charge in [0.2, 0.25) is 5.79 Å². The van der Waals surface area contributed by atoms with Gasteiger partial charge in [0.05, 0.1) is 0 Å². The Morgan fingerprint density at radius 1 is 1.19 bits per heavy atom. The first-order valence-electron chi connectivity index (χ1n) is 5.93. The van der Waals surface area contributed by atoms with E-state index in [-0.39, 0.29) is 0 Å². The molecule has 1 aliphatic rings. The Bertz CT molecular complexity index is 286. The zero-order valence-electron chi connectivity index (χ0n) is 10.6. The van der Waals surface area contributed by atoms with Gasteiger partial charge in [-0.15, -0.1) is 0 Å². The molecule has 0 radical (unpaired) electrons. The van der Waals surface area contributed by atoms with E-state index in [0.29, 0.717) is 5.92 Å². The minimum atomic E-state index is -0.737. The van der Waals surface area contributed by atoms with Crippen molar-refractivity contribution in [1.29, 1.82) is 0 Å². The van der Waals surface area contributed by atoms with Crippen LogP contribution in [-0.2, 0) is 9.47 Å². The Morgan fingerprint density at radius 3 is 2.19 bits per heavy atom. The van der Waals surface area contributed by atoms with Crippen LogP contribution in [0.5, 0.6) is 0 Å². The Labute approximate surface area is 99.0 Å². The molecule has 0 aromatic carbocycles. The van der Waals surface area contributed by atoms with Gasteiger partial charge in [0.15, 0.2) is 0 Å². The van der Waals surface area contributed by atoms with Crippen molar-refractivity contribution in [3.63, 3.8) is 0 Å². The zero-order chi connectivity index (χ0) is 12.0. The lowest BCUT2D eigenvalue weighted by Crippen LogP contribution is -2.41. The smallest absolute Gasteiger partial charge is 0.236 e. The highest BCUT2D eigenvalue weighted by Gasteiger charge is 2.38. The number of ether oxygens (including phenoxy) is 2. The molecule has 0 amide bonds. The lowest BCUT2D eigenvalue weighted by molar-refractivity contribution is -0.202. The second-order valence-corrected chi connectivity index (χ2v) is 4.44. The van der Waals surface area contributed by atoms with Crippen LogP contribution in [0.15, 0.2) is 12.2 Å². The summed E-state index contributed by atoms with van der Waals surface area (Å²) in [6, 6.07) is 0. The highest BCUT2D eigenvalue weighted by atomic mass is 16.7. The summed E-state index contributed by atoms with van der Waals surface area (Å²) >= 11 is 0. The normalized spacial score (nSPS) is 17.7. The van der Waals surface area contributed by atoms with Crippen molar-refractivity contribution in [1.82, 2.24) is 0 Å². The summed E-state index contributed by atoms with van der Waals surface area (Å²) in [5.41, 5.74) is 0.842. The van der Waals surface area contributed by atoms with E-state index in [2.05, 4.69) is 18.4 Å². The highest BCUT2D eigenvalue weighted by molar-refractivity contribution is 5.27. The standard InChI is InChI=1S/C14H22O2/c1-12(2)10-11-14(15-3,16-4)13-8-6-5-7-9-13/h13H,1,5-9H2,2-4H3. The molecular formula is C14H22O2. The molecule has 0 saturated heterocycles. The van der Waals surface area contributed by atoms with E-state index in [9.17, 15) is 0 Å². The maximum Gasteiger partial charge on any atom is 0.236 e. The van der Waals surface area contributed by atoms with Gasteiger partial charge < -0.3 is 9.47 Å². The Kier molecular flexibility index (Phi) is 5.05. The van der Waals surface area contributed by atoms with Crippen LogP contribution in [0.4, 0.5) is 0 Å². The monoisotopic (exact) mass is 222 g/mol. The third kappa shape index (κ3) is 3.10. The number of rotatable bonds is 3. The van der Waals surface area contributed by atoms with E-state index in [1.54, 1.807) is 14.2 Å². The number of methoxy groups -OCH3 is 2. The summed E-state index contributed by atoms with van der Waals surface area (Å²) in [5.74, 6) is 5.74. The first-order valence-corrected chi connectivity index (χ1v) is 5.93. The van der Waals surface area contributed by atoms with Gasteiger partial charge in [-0.2, -0.15) is 0 Å². The molecule has 90 valence electrons. The SMILES string of the molecule is C=C(C)C#CC(OC)(OC)C1CCCCC1. The van der Waals surface area contributed by atoms with Crippen LogP contribution >= 0.6 is 0 Å². The minimum absolute atomic E-state index is 0.378. The average molecular weight is 222 g/mol. The third-order valence-electron chi connectivity index (χ3n) is 3.20. The van der Waals surface area contributed by atoms with Crippen LogP contribution in [0.3, 0.4) is 0 Å². The lowest BCUT2D eigenvalue weighted by atomic mass is 9.83. The Balaban J connectivity index is 2.86. The first kappa shape index (κ1) is 13.3. The number of hydrogen-bond donors (Lipinski definition) is 0. The molecule has 0 spiro atoms. The predicted octanol–water partition coefficient (Wildman–Crippen LogP) is 3.14. The molecule has 0 unspecified atom stereocenters. The van der Waals surface area contributed by atoms with E-state index in [0.717, 1.165) is 18.4 Å². The molecule has 0 heterocycles. The van der Waals surface area contributed by atoms with E-state index in [1.165, 1.54) is 19.3 Å². The van der Waals surface area contributed by atoms with Gasteiger partial charge in [-0.25, -0.2) is 0 Å². The molecule has 0 N–H and O–H groups in total. The van der Waals surface area contributed by atoms with Crippen molar-refractivity contribution in [3.05, 3.63) is 12.2 Å². The zero-order valence-corrected chi connectivity index (χ0v) is 10.6. The quantitative estimate of drug-likeness (QED) is 0.539. The van der Waals surface area contributed by atoms with Gasteiger partial charge in [-0.05, 0) is 31.3 Å². The Morgan fingerprint density at radius 2 is 1.75 bits per heavy atom. The van der Waals surface area contributed by atoms with Crippen molar-refractivity contribution in [3.8, 4) is 11.8 Å². The summed E-state index contributed by atoms with van der Waals surface area (Å²) < 4.78 is 11.1. The maximum absolute atomic E-state index is 5.54. The van der Waals surface area contributed by atoms with E-state index < -0.39 is 5.79 Å². The first-order chi connectivity index (χ1) is 7.64. The molecule has 1 aliphatic carbocycles. The van der Waals surface area contributed by atoms with Crippen LogP contribution in [0.2, 0.25) is 0 Å². The summed E-state index contributed by atoms with van der Waals surface area (Å²) in [4.78, 5) is 0. The molecular weight excluding hydrogens is 200 g/mol. The Hall–Kier alpha value is -0.780. The number of hydrogen-bond acceptors (Lipinski definition) is 2. The van der Waals surface area contributed by atoms with Crippen molar-refractivity contribution in [2.45, 2.75) is 44.8 Å². The van der Waals surface area contributed by atoms with Crippen LogP contribution in [0.25, 0.3) is 0 Å². The van der Waals surface area contributed by atoms with Crippen molar-refractivity contribution >= 4 is 0 Å². The molecule has 2 heteroatoms. The summed E-state index contributed by atoms with van der Waals surface area (Å²) in [6.45, 7) is 5.68. The van der Waals surface area contributed by atoms with Gasteiger partial charge in [-0.1, -0.05) is 31.8 Å². The fraction of sp³-hybridized carbons (Fsp3) is 0.714. The number of allylic oxidation sites excluding steroid dienone is 1. The molecule has 0 aliphatic heterocycles. The molecule has 0 aromatic heterocycles. The lowest BCUT2D eigenvalue weighted by Gasteiger charge is -2.36. The van der Waals surface area contributed by atoms with Crippen molar-refractivity contribution in [2.75, 3.05) is 14.2 Å². The van der Waals surface area contributed by atoms with Crippen LogP contribution in [0, 0.1) is 17.8 Å². The molecule has 0 atom stereocenters. The van der Waals surface area contributed by atoms with E-state index >= 15 is 0 Å². The van der Waals surface area contributed by atoms with Gasteiger partial charge >= 0.3 is 0 Å². The second-order valence-electron chi connectivity index (χ2n) is 4.44. The predicted molar refractivity (Wildman–Crippen MR) is 65.9 cm³/mol. The molecule has 0 aromatic rings. The van der Waals surface area contributed by atoms with Crippen LogP contribution in [-0.4, -0.2) is 20.0 Å². The summed E-state index contributed by atoms with van der Waals surface area (Å²) in [5, 5.41) is 0. The summed E-state index contributed by atoms with van der Waals surface area (Å²) in [7, 11) is 3.34. The topological polar surface area (TPSA) is 18.5 Å². The molecule has 2 nitrogen and oxygen atoms in total. The fourth-order valence-corrected chi connectivity index (χ4v) is 2.30. The molecule has 16 heavy (non-hydrogen) atoms. The van der Waals surface area contributed by atoms with Crippen LogP contribution in [0.1, 0.15) is 39.0 Å². The van der Waals surface area contributed by atoms with E-state index in [1.807, 2.05) is 6.92 Å². The maximum atomic E-state index is 5.54. The van der Waals surface area contributed by atoms with Gasteiger partial charge in [-0.3, -0.25) is 0 Å². The average Bonchev–Trinajstić information content (AvgIpc) is 2.32. The third-order valence-corrected chi connectivity index (χ3v) is 3.20. The van der Waals surface area contributed by atoms with Gasteiger partial charge in [0, 0.05) is 20.1 Å². The van der Waals surface area contributed by atoms with Crippen LogP contribution < -0.4 is 0 Å². The molecule has 1 saturated carbocycles. The molecule has 0 bridgehead atoms. The van der Waals surface area contributed by atoms with Crippen molar-refractivity contribution < 1.29 is 9.47 Å². The summed E-state index contributed by atoms with van der Waals surface area (Å²) in [6.07, 6.45) is 6.06. The van der Waals surface area contributed by atoms with Crippen molar-refractivity contribution in [2.24, 2.45) is 5.92 Å². The molecule has 1 rings (SSSR count). The molecule has 1 fully saturated rings. The minimum Gasteiger partial charge on any atom is -0.343 e. The van der Waals surface area contributed by atoms with Gasteiger partial charge in [0.1, 0.15) is 0 Å². The van der Waals surface area contributed by atoms with E-state index in [4.69, 9.17) is 9.47 Å².